The number of anilines is 1. The second kappa shape index (κ2) is 11.3. The summed E-state index contributed by atoms with van der Waals surface area (Å²) in [5.74, 6) is 0.561. The van der Waals surface area contributed by atoms with Gasteiger partial charge in [0.25, 0.3) is 5.91 Å². The summed E-state index contributed by atoms with van der Waals surface area (Å²) in [6.45, 7) is 1.88. The molecule has 4 aromatic rings. The predicted molar refractivity (Wildman–Crippen MR) is 164 cm³/mol. The van der Waals surface area contributed by atoms with Crippen molar-refractivity contribution in [2.45, 2.75) is 49.9 Å². The monoisotopic (exact) mass is 583 g/mol. The lowest BCUT2D eigenvalue weighted by atomic mass is 9.97. The van der Waals surface area contributed by atoms with Crippen LogP contribution in [0.15, 0.2) is 54.6 Å². The van der Waals surface area contributed by atoms with E-state index in [1.165, 1.54) is 0 Å². The summed E-state index contributed by atoms with van der Waals surface area (Å²) < 4.78 is 6.28. The number of aliphatic hydroxyl groups is 2. The van der Waals surface area contributed by atoms with Gasteiger partial charge in [0.15, 0.2) is 6.10 Å². The van der Waals surface area contributed by atoms with Crippen LogP contribution < -0.4 is 9.64 Å². The zero-order valence-electron chi connectivity index (χ0n) is 24.3. The maximum absolute atomic E-state index is 12.7. The molecular formula is C33H37N5O5. The Morgan fingerprint density at radius 2 is 1.81 bits per heavy atom. The summed E-state index contributed by atoms with van der Waals surface area (Å²) in [5, 5.41) is 32.7. The first kappa shape index (κ1) is 27.8. The molecule has 10 heteroatoms. The lowest BCUT2D eigenvalue weighted by Gasteiger charge is -2.42. The van der Waals surface area contributed by atoms with E-state index in [4.69, 9.17) is 14.7 Å². The molecule has 0 radical (unpaired) electrons. The van der Waals surface area contributed by atoms with Crippen molar-refractivity contribution in [3.63, 3.8) is 0 Å². The Bertz CT molecular complexity index is 1670. The van der Waals surface area contributed by atoms with Gasteiger partial charge in [-0.1, -0.05) is 30.3 Å². The average molecular weight is 584 g/mol. The molecule has 0 saturated carbocycles. The van der Waals surface area contributed by atoms with Gasteiger partial charge in [-0.3, -0.25) is 4.79 Å². The molecule has 2 bridgehead atoms. The molecule has 1 aromatic heterocycles. The number of amides is 1. The number of ether oxygens (including phenoxy) is 1. The van der Waals surface area contributed by atoms with Gasteiger partial charge in [0, 0.05) is 36.6 Å². The zero-order valence-corrected chi connectivity index (χ0v) is 24.3. The molecule has 3 aliphatic rings. The highest BCUT2D eigenvalue weighted by molar-refractivity contribution is 6.01. The minimum absolute atomic E-state index is 0.0233. The normalized spacial score (nSPS) is 22.9. The van der Waals surface area contributed by atoms with Gasteiger partial charge < -0.3 is 34.8 Å². The molecule has 0 spiro atoms. The minimum Gasteiger partial charge on any atom is -0.508 e. The van der Waals surface area contributed by atoms with Crippen LogP contribution in [0.2, 0.25) is 0 Å². The van der Waals surface area contributed by atoms with E-state index in [2.05, 4.69) is 22.9 Å². The van der Waals surface area contributed by atoms with Crippen molar-refractivity contribution in [2.24, 2.45) is 0 Å². The molecule has 1 unspecified atom stereocenters. The number of aromatic hydroxyl groups is 1. The molecule has 4 heterocycles. The lowest BCUT2D eigenvalue weighted by molar-refractivity contribution is -0.143. The Hall–Kier alpha value is -3.99. The van der Waals surface area contributed by atoms with Crippen LogP contribution in [0.3, 0.4) is 0 Å². The summed E-state index contributed by atoms with van der Waals surface area (Å²) in [7, 11) is 2.12. The highest BCUT2D eigenvalue weighted by Crippen LogP contribution is 2.40. The number of aliphatic hydroxyl groups excluding tert-OH is 2. The quantitative estimate of drug-likeness (QED) is 0.301. The van der Waals surface area contributed by atoms with Gasteiger partial charge in [0.1, 0.15) is 18.2 Å². The Labute approximate surface area is 250 Å². The van der Waals surface area contributed by atoms with Gasteiger partial charge in [0.05, 0.1) is 12.1 Å². The van der Waals surface area contributed by atoms with Crippen molar-refractivity contribution in [1.29, 1.82) is 0 Å². The van der Waals surface area contributed by atoms with Gasteiger partial charge in [-0.25, -0.2) is 0 Å². The van der Waals surface area contributed by atoms with Crippen LogP contribution in [0, 0.1) is 0 Å². The molecular weight excluding hydrogens is 546 g/mol. The molecule has 3 N–H and O–H groups in total. The van der Waals surface area contributed by atoms with Crippen molar-refractivity contribution in [3.8, 4) is 22.9 Å². The molecule has 43 heavy (non-hydrogen) atoms. The van der Waals surface area contributed by atoms with E-state index >= 15 is 0 Å². The third-order valence-corrected chi connectivity index (χ3v) is 9.39. The first-order valence-corrected chi connectivity index (χ1v) is 15.1. The van der Waals surface area contributed by atoms with E-state index < -0.39 is 18.6 Å². The molecule has 7 rings (SSSR count). The maximum Gasteiger partial charge on any atom is 0.319 e. The minimum atomic E-state index is -1.40. The van der Waals surface area contributed by atoms with Crippen LogP contribution in [-0.4, -0.2) is 105 Å². The van der Waals surface area contributed by atoms with Gasteiger partial charge in [0.2, 0.25) is 0 Å². The highest BCUT2D eigenvalue weighted by atomic mass is 16.5. The van der Waals surface area contributed by atoms with E-state index in [-0.39, 0.29) is 17.8 Å². The summed E-state index contributed by atoms with van der Waals surface area (Å²) in [4.78, 5) is 28.9. The topological polar surface area (TPSA) is 122 Å². The van der Waals surface area contributed by atoms with Gasteiger partial charge in [-0.15, -0.1) is 0 Å². The number of likely N-dealkylation sites (N-methyl/N-ethyl adjacent to an activating group) is 1. The van der Waals surface area contributed by atoms with Crippen LogP contribution in [0.5, 0.6) is 11.8 Å². The van der Waals surface area contributed by atoms with Crippen LogP contribution >= 0.6 is 0 Å². The smallest absolute Gasteiger partial charge is 0.319 e. The fraction of sp³-hybridized carbons (Fsp3) is 0.424. The van der Waals surface area contributed by atoms with Crippen LogP contribution in [0.25, 0.3) is 32.8 Å². The summed E-state index contributed by atoms with van der Waals surface area (Å²) in [5.41, 5.74) is 2.60. The fourth-order valence-electron chi connectivity index (χ4n) is 7.13. The molecule has 3 aliphatic heterocycles. The molecule has 3 aromatic carbocycles. The molecule has 1 amide bonds. The number of hydrogen-bond acceptors (Lipinski definition) is 9. The van der Waals surface area contributed by atoms with Crippen LogP contribution in [-0.2, 0) is 4.79 Å². The molecule has 224 valence electrons. The standard InChI is InChI=1S/C33H37N5O5/c1-36-12-4-6-24(36)19-43-33-34-29-14-21(28-15-25(40)13-20-5-2-3-7-26(20)28)8-11-27(29)31(35-33)38-22-9-10-23(38)17-37(16-22)32(42)30(41)18-39/h2-3,5,7-8,11,13-15,22-24,30,39-41H,4,6,9-10,12,16-19H2,1H3/t22-,23+,24-,30?/m0/s1. The molecule has 3 fully saturated rings. The van der Waals surface area contributed by atoms with Crippen molar-refractivity contribution in [2.75, 3.05) is 44.8 Å². The second-order valence-electron chi connectivity index (χ2n) is 12.1. The molecule has 0 aliphatic carbocycles. The van der Waals surface area contributed by atoms with E-state index in [1.54, 1.807) is 17.0 Å². The number of phenols is 1. The van der Waals surface area contributed by atoms with Crippen molar-refractivity contribution in [3.05, 3.63) is 54.6 Å². The number of nitrogens with zero attached hydrogens (tertiary/aromatic N) is 5. The van der Waals surface area contributed by atoms with Gasteiger partial charge in [-0.2, -0.15) is 9.97 Å². The number of fused-ring (bicyclic) bond motifs is 4. The number of phenolic OH excluding ortho intramolecular Hbond substituents is 1. The molecule has 10 nitrogen and oxygen atoms in total. The zero-order chi connectivity index (χ0) is 29.7. The third-order valence-electron chi connectivity index (χ3n) is 9.39. The third kappa shape index (κ3) is 5.13. The van der Waals surface area contributed by atoms with Crippen molar-refractivity contribution in [1.82, 2.24) is 19.8 Å². The first-order chi connectivity index (χ1) is 20.9. The van der Waals surface area contributed by atoms with E-state index in [0.717, 1.165) is 70.8 Å². The highest BCUT2D eigenvalue weighted by Gasteiger charge is 2.43. The number of piperazine rings is 1. The number of carbonyl (C=O) groups is 1. The Morgan fingerprint density at radius 1 is 1.02 bits per heavy atom. The van der Waals surface area contributed by atoms with E-state index in [1.807, 2.05) is 36.4 Å². The number of carbonyl (C=O) groups excluding carboxylic acids is 1. The Morgan fingerprint density at radius 3 is 2.56 bits per heavy atom. The summed E-state index contributed by atoms with van der Waals surface area (Å²) >= 11 is 0. The number of hydrogen-bond donors (Lipinski definition) is 3. The number of rotatable bonds is 7. The van der Waals surface area contributed by atoms with E-state index in [0.29, 0.717) is 31.7 Å². The average Bonchev–Trinajstić information content (AvgIpc) is 3.55. The molecule has 4 atom stereocenters. The number of aromatic nitrogens is 2. The van der Waals surface area contributed by atoms with Gasteiger partial charge in [-0.05, 0) is 85.4 Å². The Kier molecular flexibility index (Phi) is 7.28. The first-order valence-electron chi connectivity index (χ1n) is 15.1. The van der Waals surface area contributed by atoms with Crippen LogP contribution in [0.4, 0.5) is 5.82 Å². The lowest BCUT2D eigenvalue weighted by Crippen LogP contribution is -2.57. The Balaban J connectivity index is 1.29. The SMILES string of the molecule is CN1CCC[C@H]1COc1nc(N2[C@@H]3CC[C@H]2CN(C(=O)C(O)CO)C3)c2ccc(-c3cc(O)cc4ccccc34)cc2n1. The summed E-state index contributed by atoms with van der Waals surface area (Å²) in [6.07, 6.45) is 2.61. The van der Waals surface area contributed by atoms with Crippen molar-refractivity contribution >= 4 is 33.4 Å². The molecule has 3 saturated heterocycles. The maximum atomic E-state index is 12.7. The summed E-state index contributed by atoms with van der Waals surface area (Å²) in [6, 6.07) is 18.4. The number of benzene rings is 3. The van der Waals surface area contributed by atoms with Crippen molar-refractivity contribution < 1.29 is 24.9 Å². The largest absolute Gasteiger partial charge is 0.508 e. The predicted octanol–water partition coefficient (Wildman–Crippen LogP) is 3.16. The number of likely N-dealkylation sites (tertiary alicyclic amines) is 2. The van der Waals surface area contributed by atoms with Crippen LogP contribution in [0.1, 0.15) is 25.7 Å². The van der Waals surface area contributed by atoms with Gasteiger partial charge >= 0.3 is 6.01 Å². The fourth-order valence-corrected chi connectivity index (χ4v) is 7.13. The second-order valence-corrected chi connectivity index (χ2v) is 12.1. The van der Waals surface area contributed by atoms with E-state index in [9.17, 15) is 20.1 Å².